The number of sulfonamides is 1. The van der Waals surface area contributed by atoms with Crippen LogP contribution >= 0.6 is 0 Å². The van der Waals surface area contributed by atoms with Crippen molar-refractivity contribution in [2.24, 2.45) is 0 Å². The Balaban J connectivity index is 2.44. The van der Waals surface area contributed by atoms with Gasteiger partial charge in [-0.15, -0.1) is 0 Å². The van der Waals surface area contributed by atoms with Crippen molar-refractivity contribution in [1.29, 1.82) is 0 Å². The number of hydrogen-bond donors (Lipinski definition) is 1. The molecule has 2 aromatic rings. The van der Waals surface area contributed by atoms with E-state index in [9.17, 15) is 8.42 Å². The Morgan fingerprint density at radius 1 is 1.29 bits per heavy atom. The van der Waals surface area contributed by atoms with E-state index in [1.807, 2.05) is 28.9 Å². The molecule has 0 saturated carbocycles. The number of anilines is 1. The van der Waals surface area contributed by atoms with Crippen molar-refractivity contribution in [2.75, 3.05) is 11.0 Å². The molecule has 0 aliphatic heterocycles. The molecule has 2 rings (SSSR count). The molecule has 2 heterocycles. The zero-order chi connectivity index (χ0) is 10.2. The second-order valence-electron chi connectivity index (χ2n) is 3.13. The van der Waals surface area contributed by atoms with Crippen LogP contribution in [0.15, 0.2) is 36.7 Å². The smallest absolute Gasteiger partial charge is 0.229 e. The van der Waals surface area contributed by atoms with Gasteiger partial charge in [-0.05, 0) is 24.3 Å². The largest absolute Gasteiger partial charge is 0.324 e. The first-order valence-corrected chi connectivity index (χ1v) is 5.98. The van der Waals surface area contributed by atoms with Crippen LogP contribution in [-0.2, 0) is 10.0 Å². The van der Waals surface area contributed by atoms with Gasteiger partial charge >= 0.3 is 0 Å². The van der Waals surface area contributed by atoms with E-state index in [4.69, 9.17) is 0 Å². The van der Waals surface area contributed by atoms with Crippen LogP contribution in [0.2, 0.25) is 0 Å². The highest BCUT2D eigenvalue weighted by Crippen LogP contribution is 2.13. The highest BCUT2D eigenvalue weighted by Gasteiger charge is 2.01. The zero-order valence-electron chi connectivity index (χ0n) is 7.64. The monoisotopic (exact) mass is 210 g/mol. The Morgan fingerprint density at radius 2 is 2.07 bits per heavy atom. The van der Waals surface area contributed by atoms with E-state index in [0.717, 1.165) is 11.8 Å². The molecule has 0 aliphatic carbocycles. The Morgan fingerprint density at radius 3 is 2.79 bits per heavy atom. The Hall–Kier alpha value is -1.49. The normalized spacial score (nSPS) is 11.8. The Bertz CT molecular complexity index is 557. The van der Waals surface area contributed by atoms with Crippen molar-refractivity contribution >= 4 is 21.2 Å². The lowest BCUT2D eigenvalue weighted by Gasteiger charge is -2.03. The summed E-state index contributed by atoms with van der Waals surface area (Å²) in [6.07, 6.45) is 4.84. The molecule has 0 fully saturated rings. The van der Waals surface area contributed by atoms with Crippen molar-refractivity contribution < 1.29 is 8.42 Å². The number of fused-ring (bicyclic) bond motifs is 1. The quantitative estimate of drug-likeness (QED) is 0.812. The molecule has 0 bridgehead atoms. The van der Waals surface area contributed by atoms with Gasteiger partial charge in [0, 0.05) is 17.9 Å². The summed E-state index contributed by atoms with van der Waals surface area (Å²) < 4.78 is 26.2. The van der Waals surface area contributed by atoms with Gasteiger partial charge in [0.1, 0.15) is 0 Å². The van der Waals surface area contributed by atoms with E-state index in [-0.39, 0.29) is 0 Å². The number of nitrogens with zero attached hydrogens (tertiary/aromatic N) is 1. The molecule has 14 heavy (non-hydrogen) atoms. The second-order valence-corrected chi connectivity index (χ2v) is 4.88. The van der Waals surface area contributed by atoms with Crippen molar-refractivity contribution in [1.82, 2.24) is 4.40 Å². The molecule has 0 spiro atoms. The Labute approximate surface area is 82.2 Å². The molecule has 0 saturated heterocycles. The van der Waals surface area contributed by atoms with Gasteiger partial charge in [0.05, 0.1) is 11.9 Å². The average Bonchev–Trinajstić information content (AvgIpc) is 2.47. The molecule has 0 aromatic carbocycles. The summed E-state index contributed by atoms with van der Waals surface area (Å²) in [5.74, 6) is 0. The summed E-state index contributed by atoms with van der Waals surface area (Å²) in [5.41, 5.74) is 1.54. The highest BCUT2D eigenvalue weighted by molar-refractivity contribution is 7.92. The summed E-state index contributed by atoms with van der Waals surface area (Å²) in [5, 5.41) is 0. The van der Waals surface area contributed by atoms with Crippen LogP contribution in [0.5, 0.6) is 0 Å². The van der Waals surface area contributed by atoms with E-state index < -0.39 is 10.0 Å². The third-order valence-corrected chi connectivity index (χ3v) is 2.44. The fourth-order valence-electron chi connectivity index (χ4n) is 1.31. The minimum absolute atomic E-state index is 0.582. The summed E-state index contributed by atoms with van der Waals surface area (Å²) in [6, 6.07) is 7.31. The van der Waals surface area contributed by atoms with Crippen LogP contribution in [0.4, 0.5) is 5.69 Å². The topological polar surface area (TPSA) is 50.6 Å². The molecule has 0 radical (unpaired) electrons. The third kappa shape index (κ3) is 1.88. The predicted molar refractivity (Wildman–Crippen MR) is 55.9 cm³/mol. The van der Waals surface area contributed by atoms with Gasteiger partial charge in [0.2, 0.25) is 10.0 Å². The molecule has 74 valence electrons. The van der Waals surface area contributed by atoms with E-state index in [0.29, 0.717) is 5.69 Å². The fraction of sp³-hybridized carbons (Fsp3) is 0.111. The first-order valence-electron chi connectivity index (χ1n) is 4.09. The number of pyridine rings is 1. The standard InChI is InChI=1S/C9H10N2O2S/c1-14(12,13)10-8-4-6-11-5-2-3-9(11)7-8/h2-7,10H,1H3. The maximum absolute atomic E-state index is 11.0. The average molecular weight is 210 g/mol. The van der Waals surface area contributed by atoms with Gasteiger partial charge in [-0.2, -0.15) is 0 Å². The van der Waals surface area contributed by atoms with Gasteiger partial charge in [0.15, 0.2) is 0 Å². The van der Waals surface area contributed by atoms with Crippen LogP contribution in [0, 0.1) is 0 Å². The van der Waals surface area contributed by atoms with Crippen LogP contribution in [0.3, 0.4) is 0 Å². The molecule has 0 aliphatic rings. The molecule has 4 nitrogen and oxygen atoms in total. The lowest BCUT2D eigenvalue weighted by atomic mass is 10.4. The molecule has 1 N–H and O–H groups in total. The lowest BCUT2D eigenvalue weighted by Crippen LogP contribution is -2.09. The minimum atomic E-state index is -3.19. The molecule has 0 unspecified atom stereocenters. The number of aromatic nitrogens is 1. The van der Waals surface area contributed by atoms with Crippen molar-refractivity contribution in [3.05, 3.63) is 36.7 Å². The van der Waals surface area contributed by atoms with Crippen LogP contribution in [0.1, 0.15) is 0 Å². The number of hydrogen-bond acceptors (Lipinski definition) is 2. The molecule has 0 atom stereocenters. The Kier molecular flexibility index (Phi) is 1.96. The van der Waals surface area contributed by atoms with Gasteiger partial charge in [0.25, 0.3) is 0 Å². The van der Waals surface area contributed by atoms with Gasteiger partial charge < -0.3 is 4.40 Å². The second kappa shape index (κ2) is 3.02. The van der Waals surface area contributed by atoms with Crippen LogP contribution in [-0.4, -0.2) is 19.1 Å². The maximum Gasteiger partial charge on any atom is 0.229 e. The van der Waals surface area contributed by atoms with Crippen LogP contribution < -0.4 is 4.72 Å². The predicted octanol–water partition coefficient (Wildman–Crippen LogP) is 1.31. The third-order valence-electron chi connectivity index (χ3n) is 1.83. The van der Waals surface area contributed by atoms with E-state index >= 15 is 0 Å². The SMILES string of the molecule is CS(=O)(=O)Nc1ccn2cccc2c1. The molecule has 0 amide bonds. The van der Waals surface area contributed by atoms with E-state index in [1.54, 1.807) is 12.1 Å². The van der Waals surface area contributed by atoms with Crippen LogP contribution in [0.25, 0.3) is 5.52 Å². The van der Waals surface area contributed by atoms with Crippen molar-refractivity contribution in [3.63, 3.8) is 0 Å². The highest BCUT2D eigenvalue weighted by atomic mass is 32.2. The zero-order valence-corrected chi connectivity index (χ0v) is 8.45. The molecular formula is C9H10N2O2S. The number of nitrogens with one attached hydrogen (secondary N) is 1. The van der Waals surface area contributed by atoms with Gasteiger partial charge in [-0.3, -0.25) is 4.72 Å². The summed E-state index contributed by atoms with van der Waals surface area (Å²) >= 11 is 0. The summed E-state index contributed by atoms with van der Waals surface area (Å²) in [4.78, 5) is 0. The molecule has 5 heteroatoms. The van der Waals surface area contributed by atoms with Gasteiger partial charge in [-0.25, -0.2) is 8.42 Å². The van der Waals surface area contributed by atoms with Crippen molar-refractivity contribution in [2.45, 2.75) is 0 Å². The summed E-state index contributed by atoms with van der Waals surface area (Å²) in [7, 11) is -3.19. The number of rotatable bonds is 2. The lowest BCUT2D eigenvalue weighted by molar-refractivity contribution is 0.607. The minimum Gasteiger partial charge on any atom is -0.324 e. The first kappa shape index (κ1) is 9.08. The van der Waals surface area contributed by atoms with Crippen molar-refractivity contribution in [3.8, 4) is 0 Å². The summed E-state index contributed by atoms with van der Waals surface area (Å²) in [6.45, 7) is 0. The van der Waals surface area contributed by atoms with Gasteiger partial charge in [-0.1, -0.05) is 0 Å². The first-order chi connectivity index (χ1) is 6.54. The van der Waals surface area contributed by atoms with E-state index in [1.165, 1.54) is 0 Å². The molecule has 2 aromatic heterocycles. The van der Waals surface area contributed by atoms with E-state index in [2.05, 4.69) is 4.72 Å². The molecular weight excluding hydrogens is 200 g/mol. The maximum atomic E-state index is 11.0. The fourth-order valence-corrected chi connectivity index (χ4v) is 1.87.